The summed E-state index contributed by atoms with van der Waals surface area (Å²) in [5, 5.41) is 3.31. The summed E-state index contributed by atoms with van der Waals surface area (Å²) in [4.78, 5) is 0.368. The first-order valence-corrected chi connectivity index (χ1v) is 7.59. The fourth-order valence-corrected chi connectivity index (χ4v) is 2.98. The lowest BCUT2D eigenvalue weighted by molar-refractivity contribution is 0.171. The van der Waals surface area contributed by atoms with Gasteiger partial charge in [0.2, 0.25) is 0 Å². The highest BCUT2D eigenvalue weighted by atomic mass is 79.9. The average Bonchev–Trinajstić information content (AvgIpc) is 2.47. The molecule has 1 aliphatic heterocycles. The molecule has 3 N–H and O–H groups in total. The van der Waals surface area contributed by atoms with Gasteiger partial charge in [0.25, 0.3) is 0 Å². The summed E-state index contributed by atoms with van der Waals surface area (Å²) >= 11 is 8.46. The van der Waals surface area contributed by atoms with Crippen LogP contribution in [-0.4, -0.2) is 18.2 Å². The Bertz CT molecular complexity index is 706. The Balaban J connectivity index is 1.83. The SMILES string of the molecule is NC(=S)c1ccc(Nc2ccc3c(c2)OCCO3)cc1Br. The minimum absolute atomic E-state index is 0.368. The van der Waals surface area contributed by atoms with Crippen molar-refractivity contribution < 1.29 is 9.47 Å². The number of rotatable bonds is 3. The molecular formula is C15H13BrN2O2S. The van der Waals surface area contributed by atoms with Crippen LogP contribution in [-0.2, 0) is 0 Å². The van der Waals surface area contributed by atoms with Crippen molar-refractivity contribution in [3.05, 3.63) is 46.4 Å². The highest BCUT2D eigenvalue weighted by molar-refractivity contribution is 9.10. The van der Waals surface area contributed by atoms with Crippen molar-refractivity contribution in [2.75, 3.05) is 18.5 Å². The smallest absolute Gasteiger partial charge is 0.163 e. The molecule has 0 aliphatic carbocycles. The van der Waals surface area contributed by atoms with Gasteiger partial charge in [-0.1, -0.05) is 12.2 Å². The van der Waals surface area contributed by atoms with Gasteiger partial charge in [0.05, 0.1) is 0 Å². The van der Waals surface area contributed by atoms with Crippen LogP contribution >= 0.6 is 28.1 Å². The van der Waals surface area contributed by atoms with Gasteiger partial charge in [-0.05, 0) is 46.3 Å². The lowest BCUT2D eigenvalue weighted by Crippen LogP contribution is -2.15. The van der Waals surface area contributed by atoms with Gasteiger partial charge >= 0.3 is 0 Å². The Kier molecular flexibility index (Phi) is 3.98. The average molecular weight is 365 g/mol. The van der Waals surface area contributed by atoms with E-state index in [0.717, 1.165) is 32.9 Å². The third-order valence-corrected chi connectivity index (χ3v) is 3.94. The molecule has 0 amide bonds. The molecule has 3 rings (SSSR count). The van der Waals surface area contributed by atoms with Crippen molar-refractivity contribution in [3.8, 4) is 11.5 Å². The number of thiocarbonyl (C=S) groups is 1. The van der Waals surface area contributed by atoms with Crippen LogP contribution in [0.15, 0.2) is 40.9 Å². The lowest BCUT2D eigenvalue weighted by atomic mass is 10.2. The summed E-state index contributed by atoms with van der Waals surface area (Å²) in [5.74, 6) is 1.53. The number of nitrogens with two attached hydrogens (primary N) is 1. The topological polar surface area (TPSA) is 56.5 Å². The van der Waals surface area contributed by atoms with Gasteiger partial charge in [0.15, 0.2) is 11.5 Å². The third-order valence-electron chi connectivity index (χ3n) is 3.07. The molecule has 2 aromatic rings. The Morgan fingerprint density at radius 1 is 1.05 bits per heavy atom. The number of hydrogen-bond acceptors (Lipinski definition) is 4. The van der Waals surface area contributed by atoms with Gasteiger partial charge in [-0.25, -0.2) is 0 Å². The molecule has 0 unspecified atom stereocenters. The Labute approximate surface area is 136 Å². The third kappa shape index (κ3) is 3.11. The van der Waals surface area contributed by atoms with Crippen molar-refractivity contribution in [1.29, 1.82) is 0 Å². The van der Waals surface area contributed by atoms with E-state index in [2.05, 4.69) is 21.2 Å². The molecule has 1 aliphatic rings. The lowest BCUT2D eigenvalue weighted by Gasteiger charge is -2.19. The fourth-order valence-electron chi connectivity index (χ4n) is 2.08. The van der Waals surface area contributed by atoms with Gasteiger partial charge in [-0.15, -0.1) is 0 Å². The zero-order chi connectivity index (χ0) is 14.8. The van der Waals surface area contributed by atoms with E-state index in [1.54, 1.807) is 0 Å². The van der Waals surface area contributed by atoms with Crippen LogP contribution in [0.3, 0.4) is 0 Å². The van der Waals surface area contributed by atoms with Gasteiger partial charge in [0, 0.05) is 27.5 Å². The summed E-state index contributed by atoms with van der Waals surface area (Å²) in [6.07, 6.45) is 0. The van der Waals surface area contributed by atoms with E-state index < -0.39 is 0 Å². The number of fused-ring (bicyclic) bond motifs is 1. The van der Waals surface area contributed by atoms with E-state index in [-0.39, 0.29) is 0 Å². The molecule has 0 saturated heterocycles. The second-order valence-corrected chi connectivity index (χ2v) is 5.84. The number of ether oxygens (including phenoxy) is 2. The van der Waals surface area contributed by atoms with Crippen molar-refractivity contribution >= 4 is 44.5 Å². The highest BCUT2D eigenvalue weighted by Gasteiger charge is 2.12. The predicted molar refractivity (Wildman–Crippen MR) is 90.7 cm³/mol. The van der Waals surface area contributed by atoms with E-state index in [1.165, 1.54) is 0 Å². The first-order valence-electron chi connectivity index (χ1n) is 6.39. The summed E-state index contributed by atoms with van der Waals surface area (Å²) in [6, 6.07) is 11.5. The van der Waals surface area contributed by atoms with Crippen molar-refractivity contribution in [1.82, 2.24) is 0 Å². The molecule has 0 atom stereocenters. The van der Waals surface area contributed by atoms with E-state index in [0.29, 0.717) is 18.2 Å². The molecule has 0 saturated carbocycles. The molecule has 2 aromatic carbocycles. The molecule has 0 fully saturated rings. The Morgan fingerprint density at radius 2 is 1.71 bits per heavy atom. The summed E-state index contributed by atoms with van der Waals surface area (Å²) in [5.41, 5.74) is 8.32. The van der Waals surface area contributed by atoms with Gasteiger partial charge in [-0.3, -0.25) is 0 Å². The number of anilines is 2. The molecule has 4 nitrogen and oxygen atoms in total. The number of halogens is 1. The monoisotopic (exact) mass is 364 g/mol. The standard InChI is InChI=1S/C15H13BrN2O2S/c16-12-7-9(1-3-11(12)15(17)21)18-10-2-4-13-14(8-10)20-6-5-19-13/h1-4,7-8,18H,5-6H2,(H2,17,21). The van der Waals surface area contributed by atoms with Crippen LogP contribution in [0.4, 0.5) is 11.4 Å². The molecule has 0 aromatic heterocycles. The van der Waals surface area contributed by atoms with Crippen LogP contribution in [0, 0.1) is 0 Å². The zero-order valence-electron chi connectivity index (χ0n) is 11.1. The quantitative estimate of drug-likeness (QED) is 0.814. The van der Waals surface area contributed by atoms with Gasteiger partial charge in [-0.2, -0.15) is 0 Å². The molecule has 6 heteroatoms. The van der Waals surface area contributed by atoms with Crippen LogP contribution < -0.4 is 20.5 Å². The van der Waals surface area contributed by atoms with Crippen molar-refractivity contribution in [2.45, 2.75) is 0 Å². The van der Waals surface area contributed by atoms with Gasteiger partial charge < -0.3 is 20.5 Å². The van der Waals surface area contributed by atoms with Crippen LogP contribution in [0.2, 0.25) is 0 Å². The Morgan fingerprint density at radius 3 is 2.43 bits per heavy atom. The molecule has 1 heterocycles. The van der Waals surface area contributed by atoms with E-state index in [4.69, 9.17) is 27.4 Å². The normalized spacial score (nSPS) is 12.8. The number of nitrogens with one attached hydrogen (secondary N) is 1. The molecule has 0 bridgehead atoms. The maximum atomic E-state index is 5.64. The number of hydrogen-bond donors (Lipinski definition) is 2. The summed E-state index contributed by atoms with van der Waals surface area (Å²) < 4.78 is 11.9. The van der Waals surface area contributed by atoms with E-state index >= 15 is 0 Å². The highest BCUT2D eigenvalue weighted by Crippen LogP contribution is 2.34. The zero-order valence-corrected chi connectivity index (χ0v) is 13.5. The molecule has 0 radical (unpaired) electrons. The van der Waals surface area contributed by atoms with Gasteiger partial charge in [0.1, 0.15) is 18.2 Å². The van der Waals surface area contributed by atoms with Crippen molar-refractivity contribution in [3.63, 3.8) is 0 Å². The van der Waals surface area contributed by atoms with E-state index in [9.17, 15) is 0 Å². The summed E-state index contributed by atoms with van der Waals surface area (Å²) in [6.45, 7) is 1.16. The summed E-state index contributed by atoms with van der Waals surface area (Å²) in [7, 11) is 0. The molecular weight excluding hydrogens is 352 g/mol. The first kappa shape index (κ1) is 14.2. The minimum atomic E-state index is 0.368. The van der Waals surface area contributed by atoms with E-state index in [1.807, 2.05) is 36.4 Å². The second-order valence-electron chi connectivity index (χ2n) is 4.54. The first-order chi connectivity index (χ1) is 10.1. The Hall–Kier alpha value is -1.79. The van der Waals surface area contributed by atoms with Crippen molar-refractivity contribution in [2.24, 2.45) is 5.73 Å². The second kappa shape index (κ2) is 5.91. The van der Waals surface area contributed by atoms with Crippen LogP contribution in [0.25, 0.3) is 0 Å². The maximum absolute atomic E-state index is 5.64. The molecule has 108 valence electrons. The number of benzene rings is 2. The fraction of sp³-hybridized carbons (Fsp3) is 0.133. The van der Waals surface area contributed by atoms with Crippen LogP contribution in [0.1, 0.15) is 5.56 Å². The molecule has 0 spiro atoms. The predicted octanol–water partition coefficient (Wildman–Crippen LogP) is 3.60. The molecule has 21 heavy (non-hydrogen) atoms. The van der Waals surface area contributed by atoms with Crippen LogP contribution in [0.5, 0.6) is 11.5 Å². The minimum Gasteiger partial charge on any atom is -0.486 e. The largest absolute Gasteiger partial charge is 0.486 e. The maximum Gasteiger partial charge on any atom is 0.163 e.